The number of hydrogen-bond donors (Lipinski definition) is 1. The molecule has 0 fully saturated rings. The van der Waals surface area contributed by atoms with Gasteiger partial charge < -0.3 is 5.73 Å². The number of anilines is 1. The molecule has 0 saturated carbocycles. The first-order chi connectivity index (χ1) is 7.84. The van der Waals surface area contributed by atoms with Crippen LogP contribution in [0.25, 0.3) is 16.8 Å². The Morgan fingerprint density at radius 3 is 2.62 bits per heavy atom. The van der Waals surface area contributed by atoms with Crippen LogP contribution in [0.1, 0.15) is 0 Å². The second-order valence-corrected chi connectivity index (χ2v) is 3.54. The third-order valence-electron chi connectivity index (χ3n) is 2.48. The van der Waals surface area contributed by atoms with Gasteiger partial charge in [0.15, 0.2) is 0 Å². The summed E-state index contributed by atoms with van der Waals surface area (Å²) >= 11 is 0. The van der Waals surface area contributed by atoms with Crippen molar-refractivity contribution < 1.29 is 0 Å². The minimum atomic E-state index is 0.402. The summed E-state index contributed by atoms with van der Waals surface area (Å²) in [5.41, 5.74) is 8.66. The third kappa shape index (κ3) is 1.32. The molecule has 0 spiro atoms. The lowest BCUT2D eigenvalue weighted by molar-refractivity contribution is 0.943. The lowest BCUT2D eigenvalue weighted by Gasteiger charge is -1.95. The van der Waals surface area contributed by atoms with Crippen molar-refractivity contribution in [3.63, 3.8) is 0 Å². The Kier molecular flexibility index (Phi) is 1.86. The van der Waals surface area contributed by atoms with Crippen LogP contribution in [-0.2, 0) is 0 Å². The van der Waals surface area contributed by atoms with Gasteiger partial charge in [-0.2, -0.15) is 5.10 Å². The predicted octanol–water partition coefficient (Wildman–Crippen LogP) is 1.98. The molecule has 0 aliphatic rings. The Morgan fingerprint density at radius 1 is 1.06 bits per heavy atom. The molecule has 0 bridgehead atoms. The van der Waals surface area contributed by atoms with E-state index in [4.69, 9.17) is 5.73 Å². The Morgan fingerprint density at radius 2 is 1.88 bits per heavy atom. The Balaban J connectivity index is 2.23. The minimum absolute atomic E-state index is 0.402. The number of benzene rings is 1. The van der Waals surface area contributed by atoms with E-state index in [1.807, 2.05) is 42.5 Å². The molecule has 4 heteroatoms. The molecule has 3 rings (SSSR count). The first-order valence-corrected chi connectivity index (χ1v) is 5.00. The zero-order chi connectivity index (χ0) is 11.0. The Bertz CT molecular complexity index is 628. The smallest absolute Gasteiger partial charge is 0.221 e. The number of nitrogens with zero attached hydrogens (tertiary/aromatic N) is 3. The molecule has 2 heterocycles. The maximum absolute atomic E-state index is 5.74. The van der Waals surface area contributed by atoms with Crippen molar-refractivity contribution in [2.45, 2.75) is 0 Å². The van der Waals surface area contributed by atoms with Crippen LogP contribution in [0.2, 0.25) is 0 Å². The largest absolute Gasteiger partial charge is 0.368 e. The summed E-state index contributed by atoms with van der Waals surface area (Å²) in [5, 5.41) is 4.41. The fourth-order valence-corrected chi connectivity index (χ4v) is 1.69. The van der Waals surface area contributed by atoms with Gasteiger partial charge in [-0.1, -0.05) is 30.3 Å². The third-order valence-corrected chi connectivity index (χ3v) is 2.48. The molecular formula is C12H10N4. The molecule has 3 aromatic rings. The van der Waals surface area contributed by atoms with E-state index in [1.165, 1.54) is 0 Å². The lowest BCUT2D eigenvalue weighted by atomic mass is 10.1. The van der Waals surface area contributed by atoms with Crippen LogP contribution in [0.3, 0.4) is 0 Å². The molecule has 0 aliphatic heterocycles. The second-order valence-electron chi connectivity index (χ2n) is 3.54. The molecule has 1 aromatic carbocycles. The summed E-state index contributed by atoms with van der Waals surface area (Å²) in [4.78, 5) is 3.99. The predicted molar refractivity (Wildman–Crippen MR) is 62.8 cm³/mol. The summed E-state index contributed by atoms with van der Waals surface area (Å²) in [6, 6.07) is 13.9. The maximum Gasteiger partial charge on any atom is 0.221 e. The summed E-state index contributed by atoms with van der Waals surface area (Å²) in [7, 11) is 0. The summed E-state index contributed by atoms with van der Waals surface area (Å²) in [6.07, 6.45) is 1.68. The second kappa shape index (κ2) is 3.34. The van der Waals surface area contributed by atoms with Crippen LogP contribution in [0.5, 0.6) is 0 Å². The monoisotopic (exact) mass is 210 g/mol. The molecule has 0 atom stereocenters. The fourth-order valence-electron chi connectivity index (χ4n) is 1.69. The number of hydrogen-bond acceptors (Lipinski definition) is 3. The van der Waals surface area contributed by atoms with Crippen molar-refractivity contribution in [1.29, 1.82) is 0 Å². The highest BCUT2D eigenvalue weighted by atomic mass is 15.3. The van der Waals surface area contributed by atoms with Crippen molar-refractivity contribution in [1.82, 2.24) is 14.6 Å². The highest BCUT2D eigenvalue weighted by Crippen LogP contribution is 2.19. The Labute approximate surface area is 92.4 Å². The van der Waals surface area contributed by atoms with Gasteiger partial charge in [0.25, 0.3) is 0 Å². The van der Waals surface area contributed by atoms with Crippen LogP contribution in [0.4, 0.5) is 5.95 Å². The van der Waals surface area contributed by atoms with Gasteiger partial charge in [-0.25, -0.2) is 9.50 Å². The van der Waals surface area contributed by atoms with E-state index in [2.05, 4.69) is 10.1 Å². The summed E-state index contributed by atoms with van der Waals surface area (Å²) in [6.45, 7) is 0. The van der Waals surface area contributed by atoms with E-state index in [-0.39, 0.29) is 0 Å². The van der Waals surface area contributed by atoms with Crippen LogP contribution in [0, 0.1) is 0 Å². The first kappa shape index (κ1) is 8.91. The van der Waals surface area contributed by atoms with E-state index in [0.717, 1.165) is 16.8 Å². The number of aromatic nitrogens is 3. The molecule has 2 N–H and O–H groups in total. The van der Waals surface area contributed by atoms with E-state index < -0.39 is 0 Å². The summed E-state index contributed by atoms with van der Waals surface area (Å²) in [5.74, 6) is 0.402. The average Bonchev–Trinajstić information content (AvgIpc) is 2.76. The molecule has 0 radical (unpaired) electrons. The first-order valence-electron chi connectivity index (χ1n) is 5.00. The highest BCUT2D eigenvalue weighted by Gasteiger charge is 2.05. The minimum Gasteiger partial charge on any atom is -0.368 e. The van der Waals surface area contributed by atoms with Gasteiger partial charge >= 0.3 is 0 Å². The zero-order valence-electron chi connectivity index (χ0n) is 8.54. The molecule has 0 saturated heterocycles. The SMILES string of the molecule is Nc1nccc2cc(-c3ccccc3)nn12. The van der Waals surface area contributed by atoms with Crippen molar-refractivity contribution in [3.8, 4) is 11.3 Å². The summed E-state index contributed by atoms with van der Waals surface area (Å²) < 4.78 is 1.64. The van der Waals surface area contributed by atoms with E-state index in [1.54, 1.807) is 10.7 Å². The van der Waals surface area contributed by atoms with Crippen LogP contribution < -0.4 is 5.73 Å². The molecule has 0 aliphatic carbocycles. The van der Waals surface area contributed by atoms with E-state index in [0.29, 0.717) is 5.95 Å². The molecule has 78 valence electrons. The maximum atomic E-state index is 5.74. The number of nitrogen functional groups attached to an aromatic ring is 1. The van der Waals surface area contributed by atoms with Gasteiger partial charge in [-0.05, 0) is 12.1 Å². The van der Waals surface area contributed by atoms with Crippen LogP contribution >= 0.6 is 0 Å². The van der Waals surface area contributed by atoms with E-state index in [9.17, 15) is 0 Å². The molecule has 4 nitrogen and oxygen atoms in total. The van der Waals surface area contributed by atoms with Gasteiger partial charge in [0.2, 0.25) is 5.95 Å². The van der Waals surface area contributed by atoms with Crippen LogP contribution in [0.15, 0.2) is 48.7 Å². The van der Waals surface area contributed by atoms with Gasteiger partial charge in [0.05, 0.1) is 11.2 Å². The fraction of sp³-hybridized carbons (Fsp3) is 0. The zero-order valence-corrected chi connectivity index (χ0v) is 8.54. The molecule has 0 amide bonds. The normalized spacial score (nSPS) is 10.8. The van der Waals surface area contributed by atoms with Gasteiger partial charge in [0, 0.05) is 11.8 Å². The standard InChI is InChI=1S/C12H10N4/c13-12-14-7-6-10-8-11(15-16(10)12)9-4-2-1-3-5-9/h1-8H,(H2,13,14). The van der Waals surface area contributed by atoms with Crippen molar-refractivity contribution in [2.75, 3.05) is 5.73 Å². The topological polar surface area (TPSA) is 56.2 Å². The number of nitrogens with two attached hydrogens (primary N) is 1. The van der Waals surface area contributed by atoms with E-state index >= 15 is 0 Å². The quantitative estimate of drug-likeness (QED) is 0.668. The molecular weight excluding hydrogens is 200 g/mol. The Hall–Kier alpha value is -2.36. The molecule has 16 heavy (non-hydrogen) atoms. The van der Waals surface area contributed by atoms with Gasteiger partial charge in [-0.3, -0.25) is 0 Å². The highest BCUT2D eigenvalue weighted by molar-refractivity contribution is 5.66. The number of rotatable bonds is 1. The van der Waals surface area contributed by atoms with Crippen molar-refractivity contribution in [2.24, 2.45) is 0 Å². The lowest BCUT2D eigenvalue weighted by Crippen LogP contribution is -2.00. The average molecular weight is 210 g/mol. The van der Waals surface area contributed by atoms with Crippen molar-refractivity contribution in [3.05, 3.63) is 48.7 Å². The van der Waals surface area contributed by atoms with Gasteiger partial charge in [-0.15, -0.1) is 0 Å². The van der Waals surface area contributed by atoms with Crippen LogP contribution in [-0.4, -0.2) is 14.6 Å². The molecule has 0 unspecified atom stereocenters. The molecule has 2 aromatic heterocycles. The van der Waals surface area contributed by atoms with Gasteiger partial charge in [0.1, 0.15) is 0 Å². The number of fused-ring (bicyclic) bond motifs is 1. The van der Waals surface area contributed by atoms with Crippen molar-refractivity contribution >= 4 is 11.5 Å².